The lowest BCUT2D eigenvalue weighted by Gasteiger charge is -2.28. The van der Waals surface area contributed by atoms with Gasteiger partial charge >= 0.3 is 0 Å². The maximum atomic E-state index is 9.23. The molecule has 0 aliphatic heterocycles. The Bertz CT molecular complexity index is 142. The van der Waals surface area contributed by atoms with Crippen LogP contribution >= 0.6 is 0 Å². The monoisotopic (exact) mass is 188 g/mol. The van der Waals surface area contributed by atoms with Gasteiger partial charge in [0, 0.05) is 25.7 Å². The van der Waals surface area contributed by atoms with Crippen molar-refractivity contribution in [1.29, 1.82) is 0 Å². The van der Waals surface area contributed by atoms with Crippen LogP contribution < -0.4 is 5.73 Å². The second kappa shape index (κ2) is 7.03. The highest BCUT2D eigenvalue weighted by Crippen LogP contribution is 1.99. The van der Waals surface area contributed by atoms with Gasteiger partial charge in [0.1, 0.15) is 0 Å². The van der Waals surface area contributed by atoms with Crippen LogP contribution in [0.4, 0.5) is 0 Å². The molecule has 4 heteroatoms. The van der Waals surface area contributed by atoms with Gasteiger partial charge in [0.05, 0.1) is 12.7 Å². The van der Waals surface area contributed by atoms with Crippen LogP contribution in [0.3, 0.4) is 0 Å². The van der Waals surface area contributed by atoms with Gasteiger partial charge in [-0.3, -0.25) is 4.90 Å². The van der Waals surface area contributed by atoms with E-state index in [4.69, 9.17) is 10.8 Å². The first-order chi connectivity index (χ1) is 6.15. The Morgan fingerprint density at radius 2 is 2.23 bits per heavy atom. The number of rotatable bonds is 7. The van der Waals surface area contributed by atoms with E-state index >= 15 is 0 Å². The summed E-state index contributed by atoms with van der Waals surface area (Å²) in [6.07, 6.45) is 1.06. The van der Waals surface area contributed by atoms with E-state index in [0.717, 1.165) is 0 Å². The molecule has 0 aliphatic rings. The molecule has 0 heterocycles. The highest BCUT2D eigenvalue weighted by atomic mass is 16.3. The van der Waals surface area contributed by atoms with Crippen molar-refractivity contribution in [3.63, 3.8) is 0 Å². The van der Waals surface area contributed by atoms with E-state index in [1.807, 2.05) is 11.8 Å². The van der Waals surface area contributed by atoms with Crippen LogP contribution in [0.15, 0.2) is 12.7 Å². The van der Waals surface area contributed by atoms with Crippen LogP contribution in [-0.4, -0.2) is 53.5 Å². The highest BCUT2D eigenvalue weighted by molar-refractivity contribution is 4.79. The fourth-order valence-electron chi connectivity index (χ4n) is 1.08. The Kier molecular flexibility index (Phi) is 6.80. The molecule has 2 atom stereocenters. The number of nitrogens with zero attached hydrogens (tertiary/aromatic N) is 1. The molecule has 4 nitrogen and oxygen atoms in total. The second-order valence-corrected chi connectivity index (χ2v) is 3.16. The summed E-state index contributed by atoms with van der Waals surface area (Å²) >= 11 is 0. The number of aliphatic hydroxyl groups is 2. The zero-order valence-corrected chi connectivity index (χ0v) is 8.19. The van der Waals surface area contributed by atoms with Crippen LogP contribution in [-0.2, 0) is 0 Å². The summed E-state index contributed by atoms with van der Waals surface area (Å²) in [5.74, 6) is 0. The Labute approximate surface area is 79.7 Å². The lowest BCUT2D eigenvalue weighted by molar-refractivity contribution is 0.0525. The number of hydrogen-bond acceptors (Lipinski definition) is 4. The molecule has 0 aromatic heterocycles. The van der Waals surface area contributed by atoms with Crippen molar-refractivity contribution in [3.05, 3.63) is 12.7 Å². The van der Waals surface area contributed by atoms with Crippen LogP contribution in [0.1, 0.15) is 6.92 Å². The summed E-state index contributed by atoms with van der Waals surface area (Å²) in [6.45, 7) is 7.03. The Morgan fingerprint density at radius 3 is 2.62 bits per heavy atom. The number of aliphatic hydroxyl groups excluding tert-OH is 2. The summed E-state index contributed by atoms with van der Waals surface area (Å²) in [7, 11) is 0. The van der Waals surface area contributed by atoms with Gasteiger partial charge in [-0.05, 0) is 6.92 Å². The van der Waals surface area contributed by atoms with Crippen LogP contribution in [0.5, 0.6) is 0 Å². The zero-order valence-electron chi connectivity index (χ0n) is 8.19. The molecule has 0 aromatic rings. The van der Waals surface area contributed by atoms with Crippen LogP contribution in [0.25, 0.3) is 0 Å². The molecular weight excluding hydrogens is 168 g/mol. The quantitative estimate of drug-likeness (QED) is 0.456. The molecule has 0 rings (SSSR count). The zero-order chi connectivity index (χ0) is 10.3. The predicted molar refractivity (Wildman–Crippen MR) is 53.4 cm³/mol. The van der Waals surface area contributed by atoms with E-state index in [0.29, 0.717) is 19.6 Å². The molecule has 4 N–H and O–H groups in total. The molecule has 13 heavy (non-hydrogen) atoms. The van der Waals surface area contributed by atoms with Gasteiger partial charge in [0.15, 0.2) is 0 Å². The SMILES string of the molecule is C=CCN(CC(O)CO)C(C)CN. The minimum atomic E-state index is -0.700. The fraction of sp³-hybridized carbons (Fsp3) is 0.778. The van der Waals surface area contributed by atoms with Crippen molar-refractivity contribution in [2.75, 3.05) is 26.2 Å². The van der Waals surface area contributed by atoms with Gasteiger partial charge in [0.25, 0.3) is 0 Å². The van der Waals surface area contributed by atoms with E-state index in [1.54, 1.807) is 6.08 Å². The molecule has 0 aliphatic carbocycles. The standard InChI is InChI=1S/C9H20N2O2/c1-3-4-11(8(2)5-10)6-9(13)7-12/h3,8-9,12-13H,1,4-7,10H2,2H3. The molecule has 78 valence electrons. The lowest BCUT2D eigenvalue weighted by Crippen LogP contribution is -2.43. The van der Waals surface area contributed by atoms with Crippen LogP contribution in [0.2, 0.25) is 0 Å². The van der Waals surface area contributed by atoms with Gasteiger partial charge in [-0.1, -0.05) is 6.08 Å². The molecule has 0 saturated heterocycles. The minimum absolute atomic E-state index is 0.194. The Morgan fingerprint density at radius 1 is 1.62 bits per heavy atom. The summed E-state index contributed by atoms with van der Waals surface area (Å²) < 4.78 is 0. The van der Waals surface area contributed by atoms with E-state index in [2.05, 4.69) is 6.58 Å². The molecule has 0 spiro atoms. The molecule has 0 radical (unpaired) electrons. The van der Waals surface area contributed by atoms with Crippen molar-refractivity contribution < 1.29 is 10.2 Å². The molecule has 0 bridgehead atoms. The number of nitrogens with two attached hydrogens (primary N) is 1. The van der Waals surface area contributed by atoms with Crippen LogP contribution in [0, 0.1) is 0 Å². The molecule has 2 unspecified atom stereocenters. The first kappa shape index (κ1) is 12.6. The smallest absolute Gasteiger partial charge is 0.0897 e. The van der Waals surface area contributed by atoms with Crippen molar-refractivity contribution >= 4 is 0 Å². The first-order valence-corrected chi connectivity index (χ1v) is 4.49. The fourth-order valence-corrected chi connectivity index (χ4v) is 1.08. The minimum Gasteiger partial charge on any atom is -0.394 e. The van der Waals surface area contributed by atoms with Gasteiger partial charge < -0.3 is 15.9 Å². The van der Waals surface area contributed by atoms with Crippen molar-refractivity contribution in [3.8, 4) is 0 Å². The maximum Gasteiger partial charge on any atom is 0.0897 e. The molecule has 0 amide bonds. The van der Waals surface area contributed by atoms with Crippen molar-refractivity contribution in [1.82, 2.24) is 4.90 Å². The molecule has 0 aromatic carbocycles. The predicted octanol–water partition coefficient (Wildman–Crippen LogP) is -0.825. The molecular formula is C9H20N2O2. The van der Waals surface area contributed by atoms with Gasteiger partial charge in [0.2, 0.25) is 0 Å². The summed E-state index contributed by atoms with van der Waals surface area (Å²) in [4.78, 5) is 1.98. The van der Waals surface area contributed by atoms with Gasteiger partial charge in [-0.2, -0.15) is 0 Å². The largest absolute Gasteiger partial charge is 0.394 e. The highest BCUT2D eigenvalue weighted by Gasteiger charge is 2.14. The van der Waals surface area contributed by atoms with E-state index < -0.39 is 6.10 Å². The Hall–Kier alpha value is -0.420. The summed E-state index contributed by atoms with van der Waals surface area (Å²) in [5.41, 5.74) is 5.50. The third-order valence-electron chi connectivity index (χ3n) is 1.98. The lowest BCUT2D eigenvalue weighted by atomic mass is 10.2. The maximum absolute atomic E-state index is 9.23. The summed E-state index contributed by atoms with van der Waals surface area (Å²) in [5, 5.41) is 17.9. The second-order valence-electron chi connectivity index (χ2n) is 3.16. The first-order valence-electron chi connectivity index (χ1n) is 4.49. The van der Waals surface area contributed by atoms with Crippen molar-refractivity contribution in [2.45, 2.75) is 19.1 Å². The van der Waals surface area contributed by atoms with Crippen molar-refractivity contribution in [2.24, 2.45) is 5.73 Å². The van der Waals surface area contributed by atoms with E-state index in [-0.39, 0.29) is 12.6 Å². The van der Waals surface area contributed by atoms with Gasteiger partial charge in [-0.25, -0.2) is 0 Å². The summed E-state index contributed by atoms with van der Waals surface area (Å²) in [6, 6.07) is 0.194. The van der Waals surface area contributed by atoms with E-state index in [1.165, 1.54) is 0 Å². The normalized spacial score (nSPS) is 15.8. The Balaban J connectivity index is 3.99. The van der Waals surface area contributed by atoms with Gasteiger partial charge in [-0.15, -0.1) is 6.58 Å². The average Bonchev–Trinajstić information content (AvgIpc) is 2.15. The number of hydrogen-bond donors (Lipinski definition) is 3. The molecule has 0 fully saturated rings. The van der Waals surface area contributed by atoms with E-state index in [9.17, 15) is 5.11 Å². The topological polar surface area (TPSA) is 69.7 Å². The average molecular weight is 188 g/mol. The third kappa shape index (κ3) is 5.00. The third-order valence-corrected chi connectivity index (χ3v) is 1.98. The molecule has 0 saturated carbocycles.